The number of fused-ring (bicyclic) bond motifs is 1. The summed E-state index contributed by atoms with van der Waals surface area (Å²) >= 11 is 0. The van der Waals surface area contributed by atoms with Crippen LogP contribution in [0.4, 0.5) is 8.78 Å². The highest BCUT2D eigenvalue weighted by Crippen LogP contribution is 2.41. The van der Waals surface area contributed by atoms with E-state index in [-0.39, 0.29) is 11.7 Å². The fourth-order valence-electron chi connectivity index (χ4n) is 2.17. The summed E-state index contributed by atoms with van der Waals surface area (Å²) in [6, 6.07) is 8.41. The van der Waals surface area contributed by atoms with E-state index in [1.165, 1.54) is 0 Å². The molecule has 2 N–H and O–H groups in total. The van der Waals surface area contributed by atoms with Gasteiger partial charge in [-0.3, -0.25) is 0 Å². The Morgan fingerprint density at radius 3 is 2.80 bits per heavy atom. The Kier molecular flexibility index (Phi) is 3.28. The summed E-state index contributed by atoms with van der Waals surface area (Å²) in [4.78, 5) is 0. The molecule has 1 atom stereocenters. The van der Waals surface area contributed by atoms with Gasteiger partial charge in [-0.25, -0.2) is 8.78 Å². The molecule has 104 valence electrons. The molecule has 1 aliphatic rings. The van der Waals surface area contributed by atoms with Gasteiger partial charge in [0, 0.05) is 17.7 Å². The highest BCUT2D eigenvalue weighted by Gasteiger charge is 2.24. The van der Waals surface area contributed by atoms with Crippen molar-refractivity contribution in [3.05, 3.63) is 48.0 Å². The molecule has 20 heavy (non-hydrogen) atoms. The first-order chi connectivity index (χ1) is 9.69. The van der Waals surface area contributed by atoms with Gasteiger partial charge in [0.25, 0.3) is 0 Å². The number of hydrogen-bond donors (Lipinski definition) is 1. The summed E-state index contributed by atoms with van der Waals surface area (Å²) in [6.45, 7) is 0.637. The molecule has 3 nitrogen and oxygen atoms in total. The molecule has 2 aromatic rings. The number of rotatable bonds is 2. The zero-order valence-electron chi connectivity index (χ0n) is 10.6. The molecule has 1 aliphatic heterocycles. The fourth-order valence-corrected chi connectivity index (χ4v) is 2.17. The molecule has 2 aromatic carbocycles. The molecule has 0 fully saturated rings. The van der Waals surface area contributed by atoms with E-state index in [2.05, 4.69) is 0 Å². The second-order valence-electron chi connectivity index (χ2n) is 4.54. The van der Waals surface area contributed by atoms with E-state index >= 15 is 0 Å². The quantitative estimate of drug-likeness (QED) is 0.918. The Balaban J connectivity index is 2.13. The van der Waals surface area contributed by atoms with Gasteiger partial charge in [-0.2, -0.15) is 0 Å². The van der Waals surface area contributed by atoms with Crippen LogP contribution in [-0.4, -0.2) is 19.3 Å². The lowest BCUT2D eigenvalue weighted by Gasteiger charge is -2.27. The molecule has 0 spiro atoms. The van der Waals surface area contributed by atoms with Crippen LogP contribution in [0.3, 0.4) is 0 Å². The number of benzene rings is 2. The van der Waals surface area contributed by atoms with Crippen molar-refractivity contribution < 1.29 is 18.3 Å². The lowest BCUT2D eigenvalue weighted by atomic mass is 10.0. The molecule has 0 amide bonds. The van der Waals surface area contributed by atoms with Gasteiger partial charge in [-0.15, -0.1) is 0 Å². The molecule has 0 aliphatic carbocycles. The van der Waals surface area contributed by atoms with Gasteiger partial charge in [-0.1, -0.05) is 12.1 Å². The first-order valence-corrected chi connectivity index (χ1v) is 6.27. The topological polar surface area (TPSA) is 44.5 Å². The standard InChI is InChI=1S/C15H13F2NO2/c16-9-4-5-13(17)12(6-9)11-2-1-3-14-15(11)20-10(7-18)8-19-14/h1-6,10H,7-8,18H2/t10-/m0/s1. The normalized spacial score (nSPS) is 17.1. The molecule has 0 bridgehead atoms. The van der Waals surface area contributed by atoms with Crippen LogP contribution in [0.15, 0.2) is 36.4 Å². The molecule has 0 saturated heterocycles. The van der Waals surface area contributed by atoms with E-state index in [0.717, 1.165) is 18.2 Å². The minimum Gasteiger partial charge on any atom is -0.486 e. The maximum atomic E-state index is 13.9. The Morgan fingerprint density at radius 1 is 1.15 bits per heavy atom. The SMILES string of the molecule is NC[C@H]1COc2cccc(-c3cc(F)ccc3F)c2O1. The van der Waals surface area contributed by atoms with E-state index in [9.17, 15) is 8.78 Å². The van der Waals surface area contributed by atoms with Gasteiger partial charge in [0.2, 0.25) is 0 Å². The first kappa shape index (κ1) is 12.9. The number of ether oxygens (including phenoxy) is 2. The molecule has 1 heterocycles. The monoisotopic (exact) mass is 277 g/mol. The molecule has 5 heteroatoms. The average Bonchev–Trinajstić information content (AvgIpc) is 2.48. The molecule has 0 unspecified atom stereocenters. The highest BCUT2D eigenvalue weighted by atomic mass is 19.1. The van der Waals surface area contributed by atoms with Crippen molar-refractivity contribution in [2.75, 3.05) is 13.2 Å². The Bertz CT molecular complexity index is 646. The van der Waals surface area contributed by atoms with E-state index in [0.29, 0.717) is 30.2 Å². The van der Waals surface area contributed by atoms with E-state index in [1.54, 1.807) is 18.2 Å². The van der Waals surface area contributed by atoms with E-state index in [1.807, 2.05) is 0 Å². The maximum Gasteiger partial charge on any atom is 0.169 e. The summed E-state index contributed by atoms with van der Waals surface area (Å²) in [7, 11) is 0. The number of nitrogens with two attached hydrogens (primary N) is 1. The predicted molar refractivity (Wildman–Crippen MR) is 70.8 cm³/mol. The van der Waals surface area contributed by atoms with Crippen LogP contribution >= 0.6 is 0 Å². The number of halogens is 2. The van der Waals surface area contributed by atoms with Crippen molar-refractivity contribution in [3.63, 3.8) is 0 Å². The van der Waals surface area contributed by atoms with Crippen molar-refractivity contribution in [1.82, 2.24) is 0 Å². The van der Waals surface area contributed by atoms with Crippen molar-refractivity contribution in [2.24, 2.45) is 5.73 Å². The van der Waals surface area contributed by atoms with Crippen LogP contribution < -0.4 is 15.2 Å². The van der Waals surface area contributed by atoms with Crippen molar-refractivity contribution >= 4 is 0 Å². The fraction of sp³-hybridized carbons (Fsp3) is 0.200. The summed E-state index contributed by atoms with van der Waals surface area (Å²) in [6.07, 6.45) is -0.291. The highest BCUT2D eigenvalue weighted by molar-refractivity contribution is 5.74. The van der Waals surface area contributed by atoms with Gasteiger partial charge in [0.1, 0.15) is 24.3 Å². The minimum absolute atomic E-state index is 0.142. The lowest BCUT2D eigenvalue weighted by Crippen LogP contribution is -2.35. The first-order valence-electron chi connectivity index (χ1n) is 6.27. The van der Waals surface area contributed by atoms with Gasteiger partial charge in [0.15, 0.2) is 11.5 Å². The maximum absolute atomic E-state index is 13.9. The smallest absolute Gasteiger partial charge is 0.169 e. The summed E-state index contributed by atoms with van der Waals surface area (Å²) in [5.74, 6) is -0.112. The van der Waals surface area contributed by atoms with Crippen molar-refractivity contribution in [3.8, 4) is 22.6 Å². The van der Waals surface area contributed by atoms with Crippen molar-refractivity contribution in [2.45, 2.75) is 6.10 Å². The average molecular weight is 277 g/mol. The number of para-hydroxylation sites is 1. The van der Waals surface area contributed by atoms with Crippen LogP contribution in [0.2, 0.25) is 0 Å². The largest absolute Gasteiger partial charge is 0.486 e. The summed E-state index contributed by atoms with van der Waals surface area (Å²) in [5.41, 5.74) is 6.16. The van der Waals surface area contributed by atoms with Crippen molar-refractivity contribution in [1.29, 1.82) is 0 Å². The second-order valence-corrected chi connectivity index (χ2v) is 4.54. The third-order valence-electron chi connectivity index (χ3n) is 3.17. The zero-order chi connectivity index (χ0) is 14.1. The van der Waals surface area contributed by atoms with Crippen LogP contribution in [0.1, 0.15) is 0 Å². The van der Waals surface area contributed by atoms with Gasteiger partial charge < -0.3 is 15.2 Å². The molecule has 0 radical (unpaired) electrons. The molecule has 0 aromatic heterocycles. The van der Waals surface area contributed by atoms with E-state index in [4.69, 9.17) is 15.2 Å². The Morgan fingerprint density at radius 2 is 2.00 bits per heavy atom. The molecular weight excluding hydrogens is 264 g/mol. The zero-order valence-corrected chi connectivity index (χ0v) is 10.6. The molecule has 3 rings (SSSR count). The van der Waals surface area contributed by atoms with Crippen LogP contribution in [0.5, 0.6) is 11.5 Å². The van der Waals surface area contributed by atoms with Crippen LogP contribution in [0, 0.1) is 11.6 Å². The van der Waals surface area contributed by atoms with Gasteiger partial charge >= 0.3 is 0 Å². The van der Waals surface area contributed by atoms with Gasteiger partial charge in [0.05, 0.1) is 0 Å². The second kappa shape index (κ2) is 5.09. The summed E-state index contributed by atoms with van der Waals surface area (Å²) < 4.78 is 38.5. The molecule has 0 saturated carbocycles. The third kappa shape index (κ3) is 2.20. The Labute approximate surface area is 114 Å². The lowest BCUT2D eigenvalue weighted by molar-refractivity contribution is 0.0976. The Hall–Kier alpha value is -2.14. The third-order valence-corrected chi connectivity index (χ3v) is 3.17. The van der Waals surface area contributed by atoms with Crippen LogP contribution in [-0.2, 0) is 0 Å². The summed E-state index contributed by atoms with van der Waals surface area (Å²) in [5, 5.41) is 0. The number of hydrogen-bond acceptors (Lipinski definition) is 3. The van der Waals surface area contributed by atoms with E-state index < -0.39 is 11.6 Å². The van der Waals surface area contributed by atoms with Gasteiger partial charge in [-0.05, 0) is 24.3 Å². The predicted octanol–water partition coefficient (Wildman–Crippen LogP) is 2.73. The minimum atomic E-state index is -0.515. The molecular formula is C15H13F2NO2. The van der Waals surface area contributed by atoms with Crippen LogP contribution in [0.25, 0.3) is 11.1 Å².